The molecule has 0 spiro atoms. The molecule has 1 rings (SSSR count). The molecule has 1 aromatic carbocycles. The molecule has 0 atom stereocenters. The van der Waals surface area contributed by atoms with Gasteiger partial charge in [-0.05, 0) is 55.3 Å². The lowest BCUT2D eigenvalue weighted by Crippen LogP contribution is -2.23. The molecule has 0 aliphatic rings. The van der Waals surface area contributed by atoms with Crippen molar-refractivity contribution in [1.29, 1.82) is 0 Å². The first-order valence-corrected chi connectivity index (χ1v) is 8.01. The van der Waals surface area contributed by atoms with Gasteiger partial charge in [-0.25, -0.2) is 0 Å². The molecule has 1 nitrogen and oxygen atoms in total. The smallest absolute Gasteiger partial charge is 0.00103 e. The average Bonchev–Trinajstić information content (AvgIpc) is 2.42. The Bertz CT molecular complexity index is 355. The van der Waals surface area contributed by atoms with Crippen molar-refractivity contribution in [3.63, 3.8) is 0 Å². The minimum absolute atomic E-state index is 0.618. The van der Waals surface area contributed by atoms with Gasteiger partial charge in [-0.1, -0.05) is 52.3 Å². The zero-order valence-corrected chi connectivity index (χ0v) is 13.3. The van der Waals surface area contributed by atoms with Crippen LogP contribution in [0.1, 0.15) is 63.6 Å². The number of hydrogen-bond acceptors (Lipinski definition) is 1. The summed E-state index contributed by atoms with van der Waals surface area (Å²) in [6.45, 7) is 10.1. The molecule has 1 aromatic rings. The molecule has 0 fully saturated rings. The van der Waals surface area contributed by atoms with Crippen molar-refractivity contribution in [2.24, 2.45) is 0 Å². The first kappa shape index (κ1) is 16.2. The Labute approximate surface area is 119 Å². The minimum atomic E-state index is 0.618. The Morgan fingerprint density at radius 1 is 0.947 bits per heavy atom. The molecule has 0 aliphatic heterocycles. The molecule has 19 heavy (non-hydrogen) atoms. The van der Waals surface area contributed by atoms with Crippen LogP contribution in [0.25, 0.3) is 0 Å². The van der Waals surface area contributed by atoms with Gasteiger partial charge in [0.25, 0.3) is 0 Å². The van der Waals surface area contributed by atoms with Gasteiger partial charge in [0.2, 0.25) is 0 Å². The zero-order valence-electron chi connectivity index (χ0n) is 13.3. The van der Waals surface area contributed by atoms with Crippen LogP contribution in [0, 0.1) is 0 Å². The molecule has 0 saturated heterocycles. The van der Waals surface area contributed by atoms with E-state index >= 15 is 0 Å². The molecule has 0 heterocycles. The predicted molar refractivity (Wildman–Crippen MR) is 85.9 cm³/mol. The van der Waals surface area contributed by atoms with E-state index in [9.17, 15) is 0 Å². The number of nitrogens with one attached hydrogen (secondary N) is 1. The van der Waals surface area contributed by atoms with E-state index in [-0.39, 0.29) is 0 Å². The van der Waals surface area contributed by atoms with Crippen molar-refractivity contribution in [3.05, 3.63) is 34.9 Å². The first-order chi connectivity index (χ1) is 9.17. The molecule has 0 aliphatic carbocycles. The van der Waals surface area contributed by atoms with Crippen LogP contribution in [0.3, 0.4) is 0 Å². The molecular formula is C18H31N. The predicted octanol–water partition coefficient (Wildman–Crippen LogP) is 4.52. The second-order valence-electron chi connectivity index (χ2n) is 5.73. The van der Waals surface area contributed by atoms with Crippen molar-refractivity contribution in [2.75, 3.05) is 6.54 Å². The first-order valence-electron chi connectivity index (χ1n) is 8.01. The van der Waals surface area contributed by atoms with Crippen molar-refractivity contribution in [2.45, 2.75) is 72.3 Å². The van der Waals surface area contributed by atoms with Crippen molar-refractivity contribution < 1.29 is 0 Å². The van der Waals surface area contributed by atoms with Crippen molar-refractivity contribution in [3.8, 4) is 0 Å². The van der Waals surface area contributed by atoms with E-state index in [0.717, 1.165) is 19.4 Å². The highest BCUT2D eigenvalue weighted by Crippen LogP contribution is 2.16. The van der Waals surface area contributed by atoms with Crippen molar-refractivity contribution in [1.82, 2.24) is 5.32 Å². The number of hydrogen-bond donors (Lipinski definition) is 1. The third-order valence-corrected chi connectivity index (χ3v) is 3.74. The zero-order chi connectivity index (χ0) is 14.1. The molecule has 0 aromatic heterocycles. The summed E-state index contributed by atoms with van der Waals surface area (Å²) >= 11 is 0. The van der Waals surface area contributed by atoms with E-state index < -0.39 is 0 Å². The van der Waals surface area contributed by atoms with Crippen LogP contribution < -0.4 is 5.32 Å². The van der Waals surface area contributed by atoms with E-state index in [1.165, 1.54) is 36.8 Å². The van der Waals surface area contributed by atoms with Gasteiger partial charge in [0.1, 0.15) is 0 Å². The topological polar surface area (TPSA) is 12.0 Å². The third kappa shape index (κ3) is 6.24. The van der Waals surface area contributed by atoms with Crippen molar-refractivity contribution >= 4 is 0 Å². The average molecular weight is 261 g/mol. The minimum Gasteiger partial charge on any atom is -0.315 e. The highest BCUT2D eigenvalue weighted by atomic mass is 14.9. The third-order valence-electron chi connectivity index (χ3n) is 3.74. The molecule has 0 bridgehead atoms. The van der Waals surface area contributed by atoms with Crippen LogP contribution in [-0.4, -0.2) is 12.6 Å². The summed E-state index contributed by atoms with van der Waals surface area (Å²) in [4.78, 5) is 0. The standard InChI is InChI=1S/C18H31N/c1-5-16-11-12-17(6-2)18(14-16)10-8-7-9-13-19-15(3)4/h11-12,14-15,19H,5-10,13H2,1-4H3. The second-order valence-corrected chi connectivity index (χ2v) is 5.73. The molecule has 0 radical (unpaired) electrons. The molecule has 1 N–H and O–H groups in total. The van der Waals surface area contributed by atoms with Gasteiger partial charge in [-0.15, -0.1) is 0 Å². The number of unbranched alkanes of at least 4 members (excludes halogenated alkanes) is 2. The summed E-state index contributed by atoms with van der Waals surface area (Å²) in [6, 6.07) is 7.65. The maximum atomic E-state index is 3.48. The van der Waals surface area contributed by atoms with E-state index in [0.29, 0.717) is 6.04 Å². The highest BCUT2D eigenvalue weighted by Gasteiger charge is 2.02. The van der Waals surface area contributed by atoms with E-state index in [2.05, 4.69) is 51.2 Å². The fourth-order valence-corrected chi connectivity index (χ4v) is 2.48. The summed E-state index contributed by atoms with van der Waals surface area (Å²) in [5.74, 6) is 0. The van der Waals surface area contributed by atoms with Gasteiger partial charge in [-0.3, -0.25) is 0 Å². The maximum Gasteiger partial charge on any atom is 0.00103 e. The normalized spacial score (nSPS) is 11.2. The summed E-state index contributed by atoms with van der Waals surface area (Å²) in [6.07, 6.45) is 7.51. The Morgan fingerprint density at radius 2 is 1.74 bits per heavy atom. The fraction of sp³-hybridized carbons (Fsp3) is 0.667. The molecule has 0 unspecified atom stereocenters. The second kappa shape index (κ2) is 9.14. The summed E-state index contributed by atoms with van der Waals surface area (Å²) in [5, 5.41) is 3.48. The van der Waals surface area contributed by atoms with E-state index in [1.54, 1.807) is 5.56 Å². The molecular weight excluding hydrogens is 230 g/mol. The molecule has 108 valence electrons. The van der Waals surface area contributed by atoms with Gasteiger partial charge in [-0.2, -0.15) is 0 Å². The number of benzene rings is 1. The van der Waals surface area contributed by atoms with Crippen LogP contribution in [0.4, 0.5) is 0 Å². The van der Waals surface area contributed by atoms with Crippen LogP contribution >= 0.6 is 0 Å². The summed E-state index contributed by atoms with van der Waals surface area (Å²) in [7, 11) is 0. The fourth-order valence-electron chi connectivity index (χ4n) is 2.48. The van der Waals surface area contributed by atoms with Crippen LogP contribution in [0.5, 0.6) is 0 Å². The lowest BCUT2D eigenvalue weighted by Gasteiger charge is -2.11. The lowest BCUT2D eigenvalue weighted by molar-refractivity contribution is 0.548. The van der Waals surface area contributed by atoms with Gasteiger partial charge in [0.15, 0.2) is 0 Å². The Morgan fingerprint density at radius 3 is 2.37 bits per heavy atom. The Kier molecular flexibility index (Phi) is 7.81. The van der Waals surface area contributed by atoms with Gasteiger partial charge < -0.3 is 5.32 Å². The number of rotatable bonds is 9. The van der Waals surface area contributed by atoms with Crippen LogP contribution in [0.15, 0.2) is 18.2 Å². The maximum absolute atomic E-state index is 3.48. The monoisotopic (exact) mass is 261 g/mol. The van der Waals surface area contributed by atoms with Gasteiger partial charge in [0.05, 0.1) is 0 Å². The van der Waals surface area contributed by atoms with Crippen LogP contribution in [-0.2, 0) is 19.3 Å². The largest absolute Gasteiger partial charge is 0.315 e. The molecule has 0 saturated carbocycles. The van der Waals surface area contributed by atoms with Crippen LogP contribution in [0.2, 0.25) is 0 Å². The SMILES string of the molecule is CCc1ccc(CC)c(CCCCCNC(C)C)c1. The number of aryl methyl sites for hydroxylation is 3. The highest BCUT2D eigenvalue weighted by molar-refractivity contribution is 5.32. The lowest BCUT2D eigenvalue weighted by atomic mass is 9.96. The molecule has 0 amide bonds. The Hall–Kier alpha value is -0.820. The van der Waals surface area contributed by atoms with Gasteiger partial charge in [0, 0.05) is 6.04 Å². The molecule has 1 heteroatoms. The summed E-state index contributed by atoms with van der Waals surface area (Å²) < 4.78 is 0. The van der Waals surface area contributed by atoms with E-state index in [1.807, 2.05) is 0 Å². The van der Waals surface area contributed by atoms with Gasteiger partial charge >= 0.3 is 0 Å². The summed E-state index contributed by atoms with van der Waals surface area (Å²) in [5.41, 5.74) is 4.60. The quantitative estimate of drug-likeness (QED) is 0.644. The van der Waals surface area contributed by atoms with E-state index in [4.69, 9.17) is 0 Å². The Balaban J connectivity index is 2.35.